The molecule has 2 saturated carbocycles. The molecule has 0 N–H and O–H groups in total. The average Bonchev–Trinajstić information content (AvgIpc) is 3.04. The molecule has 3 heteroatoms. The van der Waals surface area contributed by atoms with Crippen LogP contribution in [0.25, 0.3) is 0 Å². The first kappa shape index (κ1) is 12.5. The first-order valence-corrected chi connectivity index (χ1v) is 6.91. The lowest BCUT2D eigenvalue weighted by Gasteiger charge is -2.15. The number of ketones is 1. The fourth-order valence-electron chi connectivity index (χ4n) is 3.39. The van der Waals surface area contributed by atoms with Crippen LogP contribution in [0.3, 0.4) is 0 Å². The SMILES string of the molecule is COc1cc(C)c(C(=O)C2CC3CC3C2)cc1OC. The van der Waals surface area contributed by atoms with Gasteiger partial charge in [0.25, 0.3) is 0 Å². The lowest BCUT2D eigenvalue weighted by Crippen LogP contribution is -2.14. The molecule has 1 aromatic rings. The van der Waals surface area contributed by atoms with Gasteiger partial charge in [0.15, 0.2) is 17.3 Å². The highest BCUT2D eigenvalue weighted by molar-refractivity contribution is 6.00. The molecule has 0 bridgehead atoms. The number of fused-ring (bicyclic) bond motifs is 1. The van der Waals surface area contributed by atoms with Crippen molar-refractivity contribution in [2.45, 2.75) is 26.2 Å². The highest BCUT2D eigenvalue weighted by Crippen LogP contribution is 2.55. The first-order valence-electron chi connectivity index (χ1n) is 6.91. The lowest BCUT2D eigenvalue weighted by molar-refractivity contribution is 0.0913. The number of aryl methyl sites for hydroxylation is 1. The zero-order chi connectivity index (χ0) is 13.6. The van der Waals surface area contributed by atoms with Gasteiger partial charge in [0, 0.05) is 11.5 Å². The number of methoxy groups -OCH3 is 2. The molecule has 2 aliphatic carbocycles. The fraction of sp³-hybridized carbons (Fsp3) is 0.562. The van der Waals surface area contributed by atoms with E-state index in [2.05, 4.69) is 0 Å². The van der Waals surface area contributed by atoms with Crippen LogP contribution in [0.15, 0.2) is 12.1 Å². The van der Waals surface area contributed by atoms with E-state index in [0.29, 0.717) is 11.5 Å². The predicted octanol–water partition coefficient (Wildman–Crippen LogP) is 3.24. The number of hydrogen-bond donors (Lipinski definition) is 0. The molecule has 0 saturated heterocycles. The van der Waals surface area contributed by atoms with Gasteiger partial charge in [-0.25, -0.2) is 0 Å². The Hall–Kier alpha value is -1.51. The Morgan fingerprint density at radius 1 is 1.05 bits per heavy atom. The summed E-state index contributed by atoms with van der Waals surface area (Å²) >= 11 is 0. The largest absolute Gasteiger partial charge is 0.493 e. The third-order valence-electron chi connectivity index (χ3n) is 4.61. The number of carbonyl (C=O) groups is 1. The molecule has 3 rings (SSSR count). The van der Waals surface area contributed by atoms with E-state index in [1.54, 1.807) is 14.2 Å². The van der Waals surface area contributed by atoms with Gasteiger partial charge in [-0.3, -0.25) is 4.79 Å². The molecule has 0 spiro atoms. The van der Waals surface area contributed by atoms with Gasteiger partial charge in [-0.2, -0.15) is 0 Å². The van der Waals surface area contributed by atoms with E-state index in [-0.39, 0.29) is 11.7 Å². The Morgan fingerprint density at radius 2 is 1.63 bits per heavy atom. The molecule has 2 unspecified atom stereocenters. The van der Waals surface area contributed by atoms with Crippen molar-refractivity contribution in [3.63, 3.8) is 0 Å². The van der Waals surface area contributed by atoms with Crippen molar-refractivity contribution in [3.05, 3.63) is 23.3 Å². The van der Waals surface area contributed by atoms with Crippen molar-refractivity contribution in [1.29, 1.82) is 0 Å². The second kappa shape index (κ2) is 4.55. The van der Waals surface area contributed by atoms with Gasteiger partial charge in [-0.15, -0.1) is 0 Å². The minimum Gasteiger partial charge on any atom is -0.493 e. The number of rotatable bonds is 4. The van der Waals surface area contributed by atoms with E-state index < -0.39 is 0 Å². The Bertz CT molecular complexity index is 511. The molecule has 19 heavy (non-hydrogen) atoms. The molecule has 0 heterocycles. The minimum atomic E-state index is 0.223. The molecule has 102 valence electrons. The summed E-state index contributed by atoms with van der Waals surface area (Å²) in [6.45, 7) is 1.96. The third kappa shape index (κ3) is 2.11. The van der Waals surface area contributed by atoms with Crippen LogP contribution in [0.4, 0.5) is 0 Å². The first-order chi connectivity index (χ1) is 9.13. The van der Waals surface area contributed by atoms with Crippen molar-refractivity contribution in [1.82, 2.24) is 0 Å². The highest BCUT2D eigenvalue weighted by atomic mass is 16.5. The van der Waals surface area contributed by atoms with E-state index in [0.717, 1.165) is 35.8 Å². The summed E-state index contributed by atoms with van der Waals surface area (Å²) in [7, 11) is 3.22. The quantitative estimate of drug-likeness (QED) is 0.780. The van der Waals surface area contributed by atoms with E-state index in [4.69, 9.17) is 9.47 Å². The number of carbonyl (C=O) groups excluding carboxylic acids is 1. The maximum Gasteiger partial charge on any atom is 0.166 e. The lowest BCUT2D eigenvalue weighted by atomic mass is 9.91. The Labute approximate surface area is 113 Å². The van der Waals surface area contributed by atoms with Crippen molar-refractivity contribution < 1.29 is 14.3 Å². The molecule has 3 nitrogen and oxygen atoms in total. The highest BCUT2D eigenvalue weighted by Gasteiger charge is 2.48. The molecule has 2 atom stereocenters. The van der Waals surface area contributed by atoms with E-state index in [9.17, 15) is 4.79 Å². The summed E-state index contributed by atoms with van der Waals surface area (Å²) in [5.74, 6) is 3.49. The Balaban J connectivity index is 1.88. The maximum atomic E-state index is 12.6. The van der Waals surface area contributed by atoms with Gasteiger partial charge < -0.3 is 9.47 Å². The van der Waals surface area contributed by atoms with E-state index in [1.807, 2.05) is 19.1 Å². The molecule has 0 aliphatic heterocycles. The van der Waals surface area contributed by atoms with Crippen LogP contribution < -0.4 is 9.47 Å². The molecule has 0 amide bonds. The van der Waals surface area contributed by atoms with Crippen LogP contribution in [-0.2, 0) is 0 Å². The normalized spacial score (nSPS) is 27.8. The average molecular weight is 260 g/mol. The summed E-state index contributed by atoms with van der Waals surface area (Å²) < 4.78 is 10.6. The second-order valence-electron chi connectivity index (χ2n) is 5.81. The van der Waals surface area contributed by atoms with E-state index in [1.165, 1.54) is 6.42 Å². The van der Waals surface area contributed by atoms with Crippen LogP contribution in [-0.4, -0.2) is 20.0 Å². The molecule has 2 aliphatic rings. The number of benzene rings is 1. The summed E-state index contributed by atoms with van der Waals surface area (Å²) in [4.78, 5) is 12.6. The van der Waals surface area contributed by atoms with Crippen LogP contribution in [0.5, 0.6) is 11.5 Å². The molecule has 2 fully saturated rings. The predicted molar refractivity (Wildman–Crippen MR) is 72.9 cm³/mol. The van der Waals surface area contributed by atoms with Crippen LogP contribution in [0.2, 0.25) is 0 Å². The van der Waals surface area contributed by atoms with Gasteiger partial charge in [0.1, 0.15) is 0 Å². The smallest absolute Gasteiger partial charge is 0.166 e. The Morgan fingerprint density at radius 3 is 2.21 bits per heavy atom. The van der Waals surface area contributed by atoms with Crippen LogP contribution >= 0.6 is 0 Å². The third-order valence-corrected chi connectivity index (χ3v) is 4.61. The summed E-state index contributed by atoms with van der Waals surface area (Å²) in [5.41, 5.74) is 1.77. The number of ether oxygens (including phenoxy) is 2. The molecule has 0 aromatic heterocycles. The zero-order valence-electron chi connectivity index (χ0n) is 11.7. The monoisotopic (exact) mass is 260 g/mol. The maximum absolute atomic E-state index is 12.6. The summed E-state index contributed by atoms with van der Waals surface area (Å²) in [6.07, 6.45) is 3.50. The zero-order valence-corrected chi connectivity index (χ0v) is 11.7. The molecule has 0 radical (unpaired) electrons. The van der Waals surface area contributed by atoms with Gasteiger partial charge in [0.2, 0.25) is 0 Å². The van der Waals surface area contributed by atoms with Gasteiger partial charge in [-0.05, 0) is 55.7 Å². The Kier molecular flexibility index (Phi) is 3.00. The van der Waals surface area contributed by atoms with Crippen molar-refractivity contribution >= 4 is 5.78 Å². The summed E-state index contributed by atoms with van der Waals surface area (Å²) in [6, 6.07) is 3.72. The van der Waals surface area contributed by atoms with Crippen molar-refractivity contribution in [3.8, 4) is 11.5 Å². The molecular formula is C16H20O3. The van der Waals surface area contributed by atoms with Crippen molar-refractivity contribution in [2.24, 2.45) is 17.8 Å². The van der Waals surface area contributed by atoms with Gasteiger partial charge >= 0.3 is 0 Å². The summed E-state index contributed by atoms with van der Waals surface area (Å²) in [5, 5.41) is 0. The molecular weight excluding hydrogens is 240 g/mol. The fourth-order valence-corrected chi connectivity index (χ4v) is 3.39. The van der Waals surface area contributed by atoms with Crippen LogP contribution in [0.1, 0.15) is 35.2 Å². The van der Waals surface area contributed by atoms with Crippen LogP contribution in [0, 0.1) is 24.7 Å². The van der Waals surface area contributed by atoms with E-state index >= 15 is 0 Å². The molecule has 1 aromatic carbocycles. The number of Topliss-reactive ketones (excluding diaryl/α,β-unsaturated/α-hetero) is 1. The number of hydrogen-bond acceptors (Lipinski definition) is 3. The van der Waals surface area contributed by atoms with Crippen molar-refractivity contribution in [2.75, 3.05) is 14.2 Å². The van der Waals surface area contributed by atoms with Gasteiger partial charge in [-0.1, -0.05) is 0 Å². The minimum absolute atomic E-state index is 0.223. The topological polar surface area (TPSA) is 35.5 Å². The standard InChI is InChI=1S/C16H20O3/c1-9-4-14(18-2)15(19-3)8-13(9)16(17)12-6-10-5-11(10)7-12/h4,8,10-12H,5-7H2,1-3H3. The van der Waals surface area contributed by atoms with Gasteiger partial charge in [0.05, 0.1) is 14.2 Å². The second-order valence-corrected chi connectivity index (χ2v) is 5.81.